The number of aryl methyl sites for hydroxylation is 1. The van der Waals surface area contributed by atoms with Crippen LogP contribution in [-0.4, -0.2) is 10.8 Å². The van der Waals surface area contributed by atoms with E-state index in [2.05, 4.69) is 4.98 Å². The number of halogens is 1. The Bertz CT molecular complexity index is 761. The molecule has 2 nitrogen and oxygen atoms in total. The van der Waals surface area contributed by atoms with E-state index in [-0.39, 0.29) is 5.78 Å². The van der Waals surface area contributed by atoms with Crippen LogP contribution in [0.2, 0.25) is 5.02 Å². The van der Waals surface area contributed by atoms with Gasteiger partial charge in [0.15, 0.2) is 5.78 Å². The van der Waals surface area contributed by atoms with Gasteiger partial charge in [-0.2, -0.15) is 0 Å². The second-order valence-corrected chi connectivity index (χ2v) is 6.16. The number of rotatable bonds is 3. The lowest BCUT2D eigenvalue weighted by atomic mass is 10.1. The molecule has 0 amide bonds. The third kappa shape index (κ3) is 2.60. The molecule has 0 saturated carbocycles. The highest BCUT2D eigenvalue weighted by Gasteiger charge is 2.12. The van der Waals surface area contributed by atoms with Gasteiger partial charge in [-0.15, -0.1) is 11.3 Å². The standard InChI is InChI=1S/C16H12ClNOS/c1-10-6-7-11(8-12(10)17)14(19)9-16-18-13-4-2-3-5-15(13)20-16/h2-8H,9H2,1H3. The van der Waals surface area contributed by atoms with E-state index < -0.39 is 0 Å². The number of Topliss-reactive ketones (excluding diaryl/α,β-unsaturated/α-hetero) is 1. The monoisotopic (exact) mass is 301 g/mol. The lowest BCUT2D eigenvalue weighted by Crippen LogP contribution is -2.03. The molecule has 3 aromatic rings. The summed E-state index contributed by atoms with van der Waals surface area (Å²) >= 11 is 7.62. The maximum Gasteiger partial charge on any atom is 0.169 e. The van der Waals surface area contributed by atoms with Crippen LogP contribution >= 0.6 is 22.9 Å². The molecule has 0 aliphatic heterocycles. The van der Waals surface area contributed by atoms with E-state index in [0.717, 1.165) is 20.8 Å². The van der Waals surface area contributed by atoms with Crippen LogP contribution in [0, 0.1) is 6.92 Å². The highest BCUT2D eigenvalue weighted by molar-refractivity contribution is 7.18. The Morgan fingerprint density at radius 2 is 2.05 bits per heavy atom. The first-order chi connectivity index (χ1) is 9.63. The summed E-state index contributed by atoms with van der Waals surface area (Å²) in [5.41, 5.74) is 2.56. The van der Waals surface area contributed by atoms with Gasteiger partial charge in [0.05, 0.1) is 16.6 Å². The van der Waals surface area contributed by atoms with E-state index in [9.17, 15) is 4.79 Å². The molecule has 0 unspecified atom stereocenters. The number of aromatic nitrogens is 1. The number of carbonyl (C=O) groups excluding carboxylic acids is 1. The third-order valence-electron chi connectivity index (χ3n) is 3.14. The van der Waals surface area contributed by atoms with Crippen LogP contribution in [-0.2, 0) is 6.42 Å². The zero-order valence-electron chi connectivity index (χ0n) is 10.9. The minimum atomic E-state index is 0.0472. The molecule has 0 radical (unpaired) electrons. The molecule has 0 saturated heterocycles. The highest BCUT2D eigenvalue weighted by Crippen LogP contribution is 2.23. The number of benzene rings is 2. The van der Waals surface area contributed by atoms with Gasteiger partial charge in [0.1, 0.15) is 5.01 Å². The molecule has 0 spiro atoms. The summed E-state index contributed by atoms with van der Waals surface area (Å²) in [5.74, 6) is 0.0472. The predicted molar refractivity (Wildman–Crippen MR) is 83.8 cm³/mol. The summed E-state index contributed by atoms with van der Waals surface area (Å²) in [7, 11) is 0. The van der Waals surface area contributed by atoms with Crippen molar-refractivity contribution in [2.45, 2.75) is 13.3 Å². The molecule has 0 fully saturated rings. The fourth-order valence-electron chi connectivity index (χ4n) is 2.00. The van der Waals surface area contributed by atoms with Gasteiger partial charge in [-0.3, -0.25) is 4.79 Å². The van der Waals surface area contributed by atoms with Crippen LogP contribution in [0.4, 0.5) is 0 Å². The van der Waals surface area contributed by atoms with Crippen molar-refractivity contribution in [1.29, 1.82) is 0 Å². The summed E-state index contributed by atoms with van der Waals surface area (Å²) in [5, 5.41) is 1.47. The van der Waals surface area contributed by atoms with Gasteiger partial charge in [-0.25, -0.2) is 4.98 Å². The SMILES string of the molecule is Cc1ccc(C(=O)Cc2nc3ccccc3s2)cc1Cl. The molecule has 20 heavy (non-hydrogen) atoms. The van der Waals surface area contributed by atoms with E-state index in [4.69, 9.17) is 11.6 Å². The summed E-state index contributed by atoms with van der Waals surface area (Å²) in [6, 6.07) is 13.3. The Morgan fingerprint density at radius 1 is 1.25 bits per heavy atom. The first kappa shape index (κ1) is 13.3. The maximum atomic E-state index is 12.3. The van der Waals surface area contributed by atoms with Gasteiger partial charge in [0, 0.05) is 10.6 Å². The molecule has 0 atom stereocenters. The molecule has 1 aromatic heterocycles. The van der Waals surface area contributed by atoms with Crippen molar-refractivity contribution in [3.8, 4) is 0 Å². The van der Waals surface area contributed by atoms with Gasteiger partial charge in [0.25, 0.3) is 0 Å². The van der Waals surface area contributed by atoms with Crippen molar-refractivity contribution < 1.29 is 4.79 Å². The van der Waals surface area contributed by atoms with Crippen molar-refractivity contribution in [3.05, 3.63) is 63.6 Å². The normalized spacial score (nSPS) is 10.9. The first-order valence-electron chi connectivity index (χ1n) is 6.27. The average Bonchev–Trinajstić information content (AvgIpc) is 2.83. The van der Waals surface area contributed by atoms with E-state index in [1.807, 2.05) is 43.3 Å². The topological polar surface area (TPSA) is 30.0 Å². The molecule has 3 rings (SSSR count). The van der Waals surface area contributed by atoms with Crippen LogP contribution in [0.15, 0.2) is 42.5 Å². The number of thiazole rings is 1. The van der Waals surface area contributed by atoms with Gasteiger partial charge >= 0.3 is 0 Å². The van der Waals surface area contributed by atoms with Crippen molar-refractivity contribution >= 4 is 38.9 Å². The summed E-state index contributed by atoms with van der Waals surface area (Å²) < 4.78 is 1.11. The van der Waals surface area contributed by atoms with Gasteiger partial charge in [-0.05, 0) is 30.7 Å². The second kappa shape index (κ2) is 5.35. The van der Waals surface area contributed by atoms with Crippen molar-refractivity contribution in [2.75, 3.05) is 0 Å². The summed E-state index contributed by atoms with van der Waals surface area (Å²) in [4.78, 5) is 16.7. The number of hydrogen-bond acceptors (Lipinski definition) is 3. The van der Waals surface area contributed by atoms with Crippen LogP contribution in [0.5, 0.6) is 0 Å². The largest absolute Gasteiger partial charge is 0.294 e. The van der Waals surface area contributed by atoms with E-state index in [0.29, 0.717) is 17.0 Å². The number of fused-ring (bicyclic) bond motifs is 1. The Kier molecular flexibility index (Phi) is 3.55. The zero-order valence-corrected chi connectivity index (χ0v) is 12.5. The zero-order chi connectivity index (χ0) is 14.1. The Hall–Kier alpha value is -1.71. The molecule has 0 N–H and O–H groups in total. The Labute approximate surface area is 126 Å². The Balaban J connectivity index is 1.86. The molecule has 2 aromatic carbocycles. The predicted octanol–water partition coefficient (Wildman–Crippen LogP) is 4.68. The minimum absolute atomic E-state index is 0.0472. The van der Waals surface area contributed by atoms with Crippen molar-refractivity contribution in [1.82, 2.24) is 4.98 Å². The number of nitrogens with zero attached hydrogens (tertiary/aromatic N) is 1. The number of carbonyl (C=O) groups is 1. The lowest BCUT2D eigenvalue weighted by molar-refractivity contribution is 0.0993. The average molecular weight is 302 g/mol. The highest BCUT2D eigenvalue weighted by atomic mass is 35.5. The molecule has 1 heterocycles. The van der Waals surface area contributed by atoms with Crippen LogP contribution in [0.1, 0.15) is 20.9 Å². The van der Waals surface area contributed by atoms with Crippen LogP contribution in [0.3, 0.4) is 0 Å². The second-order valence-electron chi connectivity index (χ2n) is 4.64. The lowest BCUT2D eigenvalue weighted by Gasteiger charge is -2.02. The van der Waals surface area contributed by atoms with E-state index in [1.165, 1.54) is 0 Å². The number of ketones is 1. The number of hydrogen-bond donors (Lipinski definition) is 0. The fraction of sp³-hybridized carbons (Fsp3) is 0.125. The van der Waals surface area contributed by atoms with Crippen LogP contribution in [0.25, 0.3) is 10.2 Å². The molecule has 100 valence electrons. The van der Waals surface area contributed by atoms with E-state index in [1.54, 1.807) is 17.4 Å². The minimum Gasteiger partial charge on any atom is -0.294 e. The fourth-order valence-corrected chi connectivity index (χ4v) is 3.15. The van der Waals surface area contributed by atoms with Crippen molar-refractivity contribution in [2.24, 2.45) is 0 Å². The smallest absolute Gasteiger partial charge is 0.169 e. The molecule has 4 heteroatoms. The summed E-state index contributed by atoms with van der Waals surface area (Å²) in [6.07, 6.45) is 0.318. The van der Waals surface area contributed by atoms with Crippen LogP contribution < -0.4 is 0 Å². The van der Waals surface area contributed by atoms with Gasteiger partial charge < -0.3 is 0 Å². The molecular weight excluding hydrogens is 290 g/mol. The quantitative estimate of drug-likeness (QED) is 0.657. The molecular formula is C16H12ClNOS. The molecule has 0 bridgehead atoms. The maximum absolute atomic E-state index is 12.3. The Morgan fingerprint density at radius 3 is 2.80 bits per heavy atom. The summed E-state index contributed by atoms with van der Waals surface area (Å²) in [6.45, 7) is 1.92. The number of para-hydroxylation sites is 1. The molecule has 0 aliphatic carbocycles. The van der Waals surface area contributed by atoms with E-state index >= 15 is 0 Å². The van der Waals surface area contributed by atoms with Gasteiger partial charge in [0.2, 0.25) is 0 Å². The first-order valence-corrected chi connectivity index (χ1v) is 7.47. The van der Waals surface area contributed by atoms with Gasteiger partial charge in [-0.1, -0.05) is 35.9 Å². The molecule has 0 aliphatic rings. The van der Waals surface area contributed by atoms with Crippen molar-refractivity contribution in [3.63, 3.8) is 0 Å². The third-order valence-corrected chi connectivity index (χ3v) is 4.59.